The van der Waals surface area contributed by atoms with Crippen molar-refractivity contribution in [2.24, 2.45) is 17.2 Å². The lowest BCUT2D eigenvalue weighted by Crippen LogP contribution is -2.33. The van der Waals surface area contributed by atoms with Crippen molar-refractivity contribution in [3.63, 3.8) is 0 Å². The van der Waals surface area contributed by atoms with Crippen molar-refractivity contribution in [3.05, 3.63) is 68.7 Å². The number of carboxylic acid groups (broad SMARTS) is 1. The number of anilines is 2. The lowest BCUT2D eigenvalue weighted by atomic mass is 9.72. The number of aromatic nitrogens is 1. The van der Waals surface area contributed by atoms with Crippen molar-refractivity contribution < 1.29 is 14.1 Å². The summed E-state index contributed by atoms with van der Waals surface area (Å²) in [6.45, 7) is 13.4. The third-order valence-electron chi connectivity index (χ3n) is 7.77. The van der Waals surface area contributed by atoms with Crippen LogP contribution >= 0.6 is 11.3 Å². The lowest BCUT2D eigenvalue weighted by Gasteiger charge is -2.32. The fourth-order valence-electron chi connectivity index (χ4n) is 5.33. The first-order chi connectivity index (χ1) is 18.4. The van der Waals surface area contributed by atoms with Gasteiger partial charge in [0.15, 0.2) is 0 Å². The Morgan fingerprint density at radius 3 is 2.72 bits per heavy atom. The molecule has 0 aliphatic carbocycles. The van der Waals surface area contributed by atoms with Gasteiger partial charge in [0.2, 0.25) is 0 Å². The van der Waals surface area contributed by atoms with Gasteiger partial charge in [-0.2, -0.15) is 0 Å². The Kier molecular flexibility index (Phi) is 8.51. The molecule has 0 saturated carbocycles. The molecule has 3 atom stereocenters. The lowest BCUT2D eigenvalue weighted by molar-refractivity contribution is -0.147. The second-order valence-corrected chi connectivity index (χ2v) is 13.8. The molecule has 39 heavy (non-hydrogen) atoms. The Balaban J connectivity index is 1.76. The number of thiophene rings is 1. The molecule has 1 aromatic carbocycles. The van der Waals surface area contributed by atoms with Crippen molar-refractivity contribution in [1.29, 1.82) is 0 Å². The van der Waals surface area contributed by atoms with E-state index in [-0.39, 0.29) is 0 Å². The zero-order valence-electron chi connectivity index (χ0n) is 23.5. The summed E-state index contributed by atoms with van der Waals surface area (Å²) >= 11 is 1.60. The third-order valence-corrected chi connectivity index (χ3v) is 10.4. The smallest absolute Gasteiger partial charge is 0.310 e. The number of carbonyl (C=O) groups is 1. The molecule has 0 fully saturated rings. The van der Waals surface area contributed by atoms with Crippen LogP contribution < -0.4 is 16.6 Å². The standard InChI is InChI=1S/C29H39N5O3S2/c1-7-34(31)23-11-10-21(18(3)27(23)30)26(29(5,6)28(35)36)24-14-20(19(4)38-24)16-33-15-17(2)13-22-25(39(33)37)9-8-12-32-22/h8-12,14,17,26H,7,13,15-16,30-31H2,1-6H3,(H,35,36). The van der Waals surface area contributed by atoms with E-state index in [1.165, 1.54) is 0 Å². The maximum atomic E-state index is 13.6. The number of carboxylic acids is 1. The number of hydrazine groups is 1. The fraction of sp³-hybridized carbons (Fsp3) is 0.448. The van der Waals surface area contributed by atoms with Gasteiger partial charge in [-0.1, -0.05) is 13.0 Å². The van der Waals surface area contributed by atoms with E-state index >= 15 is 0 Å². The highest BCUT2D eigenvalue weighted by molar-refractivity contribution is 7.82. The molecule has 5 N–H and O–H groups in total. The molecule has 3 heterocycles. The monoisotopic (exact) mass is 569 g/mol. The Morgan fingerprint density at radius 2 is 2.05 bits per heavy atom. The van der Waals surface area contributed by atoms with Crippen molar-refractivity contribution in [3.8, 4) is 0 Å². The number of aliphatic carboxylic acids is 1. The van der Waals surface area contributed by atoms with Crippen LogP contribution in [0.3, 0.4) is 0 Å². The van der Waals surface area contributed by atoms with Crippen LogP contribution in [0.15, 0.2) is 41.4 Å². The number of fused-ring (bicyclic) bond motifs is 1. The molecule has 8 nitrogen and oxygen atoms in total. The molecular weight excluding hydrogens is 530 g/mol. The zero-order valence-corrected chi connectivity index (χ0v) is 25.2. The van der Waals surface area contributed by atoms with Gasteiger partial charge in [-0.15, -0.1) is 11.3 Å². The molecule has 1 aliphatic heterocycles. The van der Waals surface area contributed by atoms with Gasteiger partial charge in [-0.05, 0) is 87.9 Å². The summed E-state index contributed by atoms with van der Waals surface area (Å²) in [5, 5.41) is 11.9. The Morgan fingerprint density at radius 1 is 1.33 bits per heavy atom. The molecule has 210 valence electrons. The van der Waals surface area contributed by atoms with E-state index in [0.29, 0.717) is 31.2 Å². The van der Waals surface area contributed by atoms with Crippen molar-refractivity contribution in [1.82, 2.24) is 9.29 Å². The van der Waals surface area contributed by atoms with Gasteiger partial charge in [0.05, 0.1) is 27.4 Å². The SMILES string of the molecule is CCN(N)c1ccc(C(c2cc(CN3CC(C)Cc4ncccc4S3=O)c(C)s2)C(C)(C)C(=O)O)c(C)c1N. The van der Waals surface area contributed by atoms with Gasteiger partial charge in [0.25, 0.3) is 0 Å². The normalized spacial score (nSPS) is 18.8. The van der Waals surface area contributed by atoms with E-state index in [9.17, 15) is 14.1 Å². The molecule has 4 rings (SSSR count). The van der Waals surface area contributed by atoms with E-state index in [2.05, 4.69) is 18.0 Å². The number of nitrogens with two attached hydrogens (primary N) is 2. The number of hydrogen-bond acceptors (Lipinski definition) is 7. The van der Waals surface area contributed by atoms with E-state index < -0.39 is 28.3 Å². The maximum Gasteiger partial charge on any atom is 0.310 e. The Bertz CT molecular complexity index is 1400. The first kappa shape index (κ1) is 29.2. The van der Waals surface area contributed by atoms with Crippen LogP contribution in [0.1, 0.15) is 65.8 Å². The quantitative estimate of drug-likeness (QED) is 0.198. The summed E-state index contributed by atoms with van der Waals surface area (Å²) in [5.74, 6) is 5.12. The number of rotatable bonds is 8. The molecule has 3 unspecified atom stereocenters. The minimum absolute atomic E-state index is 0.302. The molecule has 0 amide bonds. The summed E-state index contributed by atoms with van der Waals surface area (Å²) < 4.78 is 15.6. The van der Waals surface area contributed by atoms with Crippen LogP contribution in [0.5, 0.6) is 0 Å². The number of benzene rings is 1. The minimum atomic E-state index is -1.33. The Hall–Kier alpha value is -2.79. The van der Waals surface area contributed by atoms with Gasteiger partial charge in [-0.3, -0.25) is 9.78 Å². The number of pyridine rings is 1. The number of nitrogens with zero attached hydrogens (tertiary/aromatic N) is 3. The topological polar surface area (TPSA) is 126 Å². The van der Waals surface area contributed by atoms with Crippen LogP contribution in [0.2, 0.25) is 0 Å². The van der Waals surface area contributed by atoms with Crippen LogP contribution in [0, 0.1) is 25.2 Å². The van der Waals surface area contributed by atoms with Crippen molar-refractivity contribution >= 4 is 39.7 Å². The Labute approximate surface area is 237 Å². The molecule has 2 aromatic heterocycles. The van der Waals surface area contributed by atoms with Gasteiger partial charge < -0.3 is 15.8 Å². The summed E-state index contributed by atoms with van der Waals surface area (Å²) in [6, 6.07) is 9.66. The molecule has 3 aromatic rings. The number of aryl methyl sites for hydroxylation is 1. The molecule has 0 bridgehead atoms. The maximum absolute atomic E-state index is 13.6. The van der Waals surface area contributed by atoms with Gasteiger partial charge in [-0.25, -0.2) is 14.4 Å². The predicted octanol–water partition coefficient (Wildman–Crippen LogP) is 5.00. The van der Waals surface area contributed by atoms with Crippen molar-refractivity contribution in [2.75, 3.05) is 23.8 Å². The first-order valence-corrected chi connectivity index (χ1v) is 15.1. The molecular formula is C29H39N5O3S2. The van der Waals surface area contributed by atoms with Gasteiger partial charge in [0.1, 0.15) is 11.0 Å². The average molecular weight is 570 g/mol. The summed E-state index contributed by atoms with van der Waals surface area (Å²) in [7, 11) is -1.33. The zero-order chi connectivity index (χ0) is 28.6. The van der Waals surface area contributed by atoms with Gasteiger partial charge in [0, 0.05) is 41.5 Å². The third kappa shape index (κ3) is 5.61. The van der Waals surface area contributed by atoms with E-state index in [1.807, 2.05) is 49.3 Å². The highest BCUT2D eigenvalue weighted by Gasteiger charge is 2.41. The van der Waals surface area contributed by atoms with E-state index in [0.717, 1.165) is 49.1 Å². The molecule has 0 radical (unpaired) electrons. The van der Waals surface area contributed by atoms with Gasteiger partial charge >= 0.3 is 5.97 Å². The van der Waals surface area contributed by atoms with Crippen LogP contribution in [-0.2, 0) is 28.7 Å². The second-order valence-electron chi connectivity index (χ2n) is 11.0. The summed E-state index contributed by atoms with van der Waals surface area (Å²) in [6.07, 6.45) is 2.54. The van der Waals surface area contributed by atoms with E-state index in [4.69, 9.17) is 11.6 Å². The molecule has 10 heteroatoms. The second kappa shape index (κ2) is 11.4. The highest BCUT2D eigenvalue weighted by Crippen LogP contribution is 2.47. The average Bonchev–Trinajstić information content (AvgIpc) is 3.18. The van der Waals surface area contributed by atoms with E-state index in [1.54, 1.807) is 36.4 Å². The molecule has 0 spiro atoms. The molecule has 0 saturated heterocycles. The summed E-state index contributed by atoms with van der Waals surface area (Å²) in [4.78, 5) is 19.8. The largest absolute Gasteiger partial charge is 0.481 e. The summed E-state index contributed by atoms with van der Waals surface area (Å²) in [5.41, 5.74) is 10.3. The predicted molar refractivity (Wildman–Crippen MR) is 159 cm³/mol. The van der Waals surface area contributed by atoms with Crippen molar-refractivity contribution in [2.45, 2.75) is 65.3 Å². The number of hydrogen-bond donors (Lipinski definition) is 3. The molecule has 1 aliphatic rings. The number of nitrogen functional groups attached to an aromatic ring is 1. The first-order valence-electron chi connectivity index (χ1n) is 13.2. The highest BCUT2D eigenvalue weighted by atomic mass is 32.2. The van der Waals surface area contributed by atoms with Crippen LogP contribution in [0.25, 0.3) is 0 Å². The van der Waals surface area contributed by atoms with Crippen LogP contribution in [0.4, 0.5) is 11.4 Å². The van der Waals surface area contributed by atoms with Crippen LogP contribution in [-0.4, -0.2) is 37.7 Å². The fourth-order valence-corrected chi connectivity index (χ4v) is 8.13. The minimum Gasteiger partial charge on any atom is -0.481 e.